The Morgan fingerprint density at radius 2 is 2.00 bits per heavy atom. The highest BCUT2D eigenvalue weighted by molar-refractivity contribution is 4.83. The van der Waals surface area contributed by atoms with Gasteiger partial charge in [-0.15, -0.1) is 0 Å². The largest absolute Gasteiger partial charge is 0.277 e. The van der Waals surface area contributed by atoms with Crippen molar-refractivity contribution in [1.29, 1.82) is 0 Å². The zero-order valence-corrected chi connectivity index (χ0v) is 7.07. The summed E-state index contributed by atoms with van der Waals surface area (Å²) >= 11 is 0. The molecule has 2 unspecified atom stereocenters. The highest BCUT2D eigenvalue weighted by atomic mass is 15.6. The van der Waals surface area contributed by atoms with Gasteiger partial charge in [0, 0.05) is 7.05 Å². The second-order valence-corrected chi connectivity index (χ2v) is 3.25. The SMILES string of the molecule is CC(C)C1N=NN(C)C1C. The van der Waals surface area contributed by atoms with E-state index in [2.05, 4.69) is 31.1 Å². The predicted octanol–water partition coefficient (Wildman–Crippen LogP) is 1.71. The second kappa shape index (κ2) is 2.56. The van der Waals surface area contributed by atoms with Crippen LogP contribution in [0.2, 0.25) is 0 Å². The van der Waals surface area contributed by atoms with Gasteiger partial charge in [-0.3, -0.25) is 5.01 Å². The van der Waals surface area contributed by atoms with Crippen LogP contribution in [0.3, 0.4) is 0 Å². The monoisotopic (exact) mass is 141 g/mol. The first-order valence-corrected chi connectivity index (χ1v) is 3.76. The summed E-state index contributed by atoms with van der Waals surface area (Å²) in [6.07, 6.45) is 0. The first kappa shape index (κ1) is 7.51. The van der Waals surface area contributed by atoms with Crippen LogP contribution in [0.1, 0.15) is 20.8 Å². The van der Waals surface area contributed by atoms with Gasteiger partial charge >= 0.3 is 0 Å². The average molecular weight is 141 g/mol. The second-order valence-electron chi connectivity index (χ2n) is 3.25. The van der Waals surface area contributed by atoms with Gasteiger partial charge in [0.05, 0.1) is 12.1 Å². The van der Waals surface area contributed by atoms with Crippen molar-refractivity contribution in [2.24, 2.45) is 16.3 Å². The van der Waals surface area contributed by atoms with Gasteiger partial charge < -0.3 is 0 Å². The van der Waals surface area contributed by atoms with E-state index in [-0.39, 0.29) is 0 Å². The number of likely N-dealkylation sites (N-methyl/N-ethyl adjacent to an activating group) is 1. The van der Waals surface area contributed by atoms with Crippen molar-refractivity contribution in [2.45, 2.75) is 32.9 Å². The summed E-state index contributed by atoms with van der Waals surface area (Å²) < 4.78 is 0. The lowest BCUT2D eigenvalue weighted by Crippen LogP contribution is -2.32. The fourth-order valence-electron chi connectivity index (χ4n) is 1.23. The summed E-state index contributed by atoms with van der Waals surface area (Å²) in [6.45, 7) is 6.52. The zero-order valence-electron chi connectivity index (χ0n) is 7.07. The van der Waals surface area contributed by atoms with E-state index in [1.807, 2.05) is 12.1 Å². The molecule has 0 aromatic heterocycles. The van der Waals surface area contributed by atoms with Crippen LogP contribution in [0, 0.1) is 5.92 Å². The van der Waals surface area contributed by atoms with Crippen LogP contribution in [0.5, 0.6) is 0 Å². The molecule has 0 spiro atoms. The van der Waals surface area contributed by atoms with Crippen LogP contribution >= 0.6 is 0 Å². The molecule has 0 fully saturated rings. The molecule has 0 N–H and O–H groups in total. The van der Waals surface area contributed by atoms with Gasteiger partial charge in [-0.2, -0.15) is 5.11 Å². The molecular formula is C7H15N3. The molecule has 1 aliphatic rings. The summed E-state index contributed by atoms with van der Waals surface area (Å²) in [7, 11) is 1.97. The quantitative estimate of drug-likeness (QED) is 0.546. The number of nitrogens with zero attached hydrogens (tertiary/aromatic N) is 3. The van der Waals surface area contributed by atoms with Crippen LogP contribution in [0.25, 0.3) is 0 Å². The summed E-state index contributed by atoms with van der Waals surface area (Å²) in [5, 5.41) is 10.0. The molecule has 1 heterocycles. The zero-order chi connectivity index (χ0) is 7.72. The molecule has 0 aliphatic carbocycles. The first-order chi connectivity index (χ1) is 4.63. The molecule has 0 bridgehead atoms. The average Bonchev–Trinajstić information content (AvgIpc) is 2.14. The maximum Gasteiger partial charge on any atom is 0.0969 e. The fraction of sp³-hybridized carbons (Fsp3) is 1.00. The van der Waals surface area contributed by atoms with Crippen molar-refractivity contribution in [3.05, 3.63) is 0 Å². The molecule has 0 saturated carbocycles. The number of rotatable bonds is 1. The van der Waals surface area contributed by atoms with Crippen LogP contribution in [-0.2, 0) is 0 Å². The minimum atomic E-state index is 0.394. The van der Waals surface area contributed by atoms with E-state index in [0.717, 1.165) is 0 Å². The van der Waals surface area contributed by atoms with Crippen molar-refractivity contribution >= 4 is 0 Å². The van der Waals surface area contributed by atoms with E-state index in [0.29, 0.717) is 18.0 Å². The van der Waals surface area contributed by atoms with E-state index < -0.39 is 0 Å². The summed E-state index contributed by atoms with van der Waals surface area (Å²) in [6, 6.07) is 0.866. The van der Waals surface area contributed by atoms with Crippen LogP contribution < -0.4 is 0 Å². The Morgan fingerprint density at radius 3 is 2.20 bits per heavy atom. The van der Waals surface area contributed by atoms with Crippen molar-refractivity contribution in [3.63, 3.8) is 0 Å². The van der Waals surface area contributed by atoms with Crippen LogP contribution in [-0.4, -0.2) is 24.1 Å². The molecular weight excluding hydrogens is 126 g/mol. The molecule has 58 valence electrons. The lowest BCUT2D eigenvalue weighted by atomic mass is 9.99. The molecule has 0 saturated heterocycles. The van der Waals surface area contributed by atoms with Crippen molar-refractivity contribution in [1.82, 2.24) is 5.01 Å². The summed E-state index contributed by atoms with van der Waals surface area (Å²) in [5.74, 6) is 0.601. The van der Waals surface area contributed by atoms with Gasteiger partial charge in [0.15, 0.2) is 0 Å². The maximum atomic E-state index is 4.15. The van der Waals surface area contributed by atoms with Crippen molar-refractivity contribution in [2.75, 3.05) is 7.05 Å². The normalized spacial score (nSPS) is 32.3. The van der Waals surface area contributed by atoms with Gasteiger partial charge in [0.2, 0.25) is 0 Å². The first-order valence-electron chi connectivity index (χ1n) is 3.76. The minimum absolute atomic E-state index is 0.394. The molecule has 3 nitrogen and oxygen atoms in total. The summed E-state index contributed by atoms with van der Waals surface area (Å²) in [4.78, 5) is 0. The molecule has 0 aromatic carbocycles. The lowest BCUT2D eigenvalue weighted by molar-refractivity contribution is 0.266. The summed E-state index contributed by atoms with van der Waals surface area (Å²) in [5.41, 5.74) is 0. The Bertz CT molecular complexity index is 142. The minimum Gasteiger partial charge on any atom is -0.277 e. The number of hydrogen-bond acceptors (Lipinski definition) is 3. The van der Waals surface area contributed by atoms with E-state index >= 15 is 0 Å². The molecule has 3 heteroatoms. The maximum absolute atomic E-state index is 4.15. The molecule has 1 aliphatic heterocycles. The van der Waals surface area contributed by atoms with Crippen molar-refractivity contribution in [3.8, 4) is 0 Å². The standard InChI is InChI=1S/C7H15N3/c1-5(2)7-6(3)10(4)9-8-7/h5-7H,1-4H3. The molecule has 1 rings (SSSR count). The third-order valence-electron chi connectivity index (χ3n) is 2.09. The van der Waals surface area contributed by atoms with E-state index in [1.54, 1.807) is 0 Å². The lowest BCUT2D eigenvalue weighted by Gasteiger charge is -2.19. The van der Waals surface area contributed by atoms with Gasteiger partial charge in [-0.1, -0.05) is 19.1 Å². The van der Waals surface area contributed by atoms with Crippen LogP contribution in [0.4, 0.5) is 0 Å². The third-order valence-corrected chi connectivity index (χ3v) is 2.09. The Kier molecular flexibility index (Phi) is 1.92. The van der Waals surface area contributed by atoms with Crippen LogP contribution in [0.15, 0.2) is 10.3 Å². The van der Waals surface area contributed by atoms with Gasteiger partial charge in [0.1, 0.15) is 0 Å². The third kappa shape index (κ3) is 1.13. The van der Waals surface area contributed by atoms with Gasteiger partial charge in [-0.05, 0) is 12.8 Å². The topological polar surface area (TPSA) is 28.0 Å². The molecule has 0 amide bonds. The fourth-order valence-corrected chi connectivity index (χ4v) is 1.23. The number of hydrogen-bond donors (Lipinski definition) is 0. The molecule has 10 heavy (non-hydrogen) atoms. The Labute approximate surface area is 62.1 Å². The van der Waals surface area contributed by atoms with Gasteiger partial charge in [0.25, 0.3) is 0 Å². The Hall–Kier alpha value is -0.600. The smallest absolute Gasteiger partial charge is 0.0969 e. The van der Waals surface area contributed by atoms with E-state index in [4.69, 9.17) is 0 Å². The molecule has 0 radical (unpaired) electrons. The van der Waals surface area contributed by atoms with E-state index in [1.165, 1.54) is 0 Å². The highest BCUT2D eigenvalue weighted by Crippen LogP contribution is 2.21. The highest BCUT2D eigenvalue weighted by Gasteiger charge is 2.28. The van der Waals surface area contributed by atoms with E-state index in [9.17, 15) is 0 Å². The van der Waals surface area contributed by atoms with Gasteiger partial charge in [-0.25, -0.2) is 0 Å². The molecule has 2 atom stereocenters. The molecule has 0 aromatic rings. The van der Waals surface area contributed by atoms with Crippen molar-refractivity contribution < 1.29 is 0 Å². The predicted molar refractivity (Wildman–Crippen MR) is 40.7 cm³/mol. The Balaban J connectivity index is 2.58. The Morgan fingerprint density at radius 1 is 1.40 bits per heavy atom.